The molecular weight excluding hydrogens is 262 g/mol. The molecule has 2 rings (SSSR count). The number of benzene rings is 1. The second kappa shape index (κ2) is 6.95. The van der Waals surface area contributed by atoms with Crippen molar-refractivity contribution in [1.82, 2.24) is 15.1 Å². The van der Waals surface area contributed by atoms with Crippen molar-refractivity contribution in [3.05, 3.63) is 54.4 Å². The van der Waals surface area contributed by atoms with Gasteiger partial charge in [0.2, 0.25) is 5.91 Å². The predicted molar refractivity (Wildman–Crippen MR) is 74.9 cm³/mol. The van der Waals surface area contributed by atoms with Crippen molar-refractivity contribution >= 4 is 17.5 Å². The van der Waals surface area contributed by atoms with Gasteiger partial charge in [-0.2, -0.15) is 5.10 Å². The van der Waals surface area contributed by atoms with Crippen molar-refractivity contribution in [3.8, 4) is 0 Å². The molecule has 0 aliphatic heterocycles. The highest BCUT2D eigenvalue weighted by Crippen LogP contribution is 2.19. The van der Waals surface area contributed by atoms with E-state index in [1.54, 1.807) is 6.20 Å². The predicted octanol–water partition coefficient (Wildman–Crippen LogP) is 2.37. The summed E-state index contributed by atoms with van der Waals surface area (Å²) in [6.45, 7) is 1.38. The van der Waals surface area contributed by atoms with Crippen LogP contribution in [0.25, 0.3) is 0 Å². The summed E-state index contributed by atoms with van der Waals surface area (Å²) in [4.78, 5) is 11.8. The Hall–Kier alpha value is -1.81. The van der Waals surface area contributed by atoms with Gasteiger partial charge in [0.25, 0.3) is 0 Å². The Kier molecular flexibility index (Phi) is 4.98. The maximum atomic E-state index is 11.8. The molecule has 0 aliphatic carbocycles. The van der Waals surface area contributed by atoms with Gasteiger partial charge < -0.3 is 5.32 Å². The lowest BCUT2D eigenvalue weighted by molar-refractivity contribution is -0.120. The van der Waals surface area contributed by atoms with Crippen LogP contribution in [-0.2, 0) is 11.3 Å². The summed E-state index contributed by atoms with van der Waals surface area (Å²) in [5.74, 6) is -0.159. The molecule has 0 saturated heterocycles. The average Bonchev–Trinajstić information content (AvgIpc) is 2.96. The van der Waals surface area contributed by atoms with Crippen LogP contribution >= 0.6 is 11.6 Å². The normalized spacial score (nSPS) is 12.1. The number of hydrogen-bond acceptors (Lipinski definition) is 2. The van der Waals surface area contributed by atoms with Crippen molar-refractivity contribution in [1.29, 1.82) is 0 Å². The van der Waals surface area contributed by atoms with Crippen LogP contribution in [-0.4, -0.2) is 22.2 Å². The minimum Gasteiger partial charge on any atom is -0.354 e. The first-order chi connectivity index (χ1) is 9.27. The topological polar surface area (TPSA) is 46.9 Å². The third-order valence-electron chi connectivity index (χ3n) is 2.74. The average molecular weight is 278 g/mol. The highest BCUT2D eigenvalue weighted by atomic mass is 35.5. The summed E-state index contributed by atoms with van der Waals surface area (Å²) in [6.07, 6.45) is 4.46. The van der Waals surface area contributed by atoms with Crippen molar-refractivity contribution in [2.24, 2.45) is 0 Å². The summed E-state index contributed by atoms with van der Waals surface area (Å²) in [5, 5.41) is 6.29. The van der Waals surface area contributed by atoms with E-state index in [-0.39, 0.29) is 5.91 Å². The first kappa shape index (κ1) is 13.6. The second-order valence-corrected chi connectivity index (χ2v) is 4.62. The molecule has 1 aromatic heterocycles. The van der Waals surface area contributed by atoms with E-state index in [0.717, 1.165) is 18.5 Å². The van der Waals surface area contributed by atoms with Gasteiger partial charge in [0, 0.05) is 25.5 Å². The molecule has 1 atom stereocenters. The van der Waals surface area contributed by atoms with Crippen LogP contribution in [0.4, 0.5) is 0 Å². The monoisotopic (exact) mass is 277 g/mol. The van der Waals surface area contributed by atoms with Crippen molar-refractivity contribution in [3.63, 3.8) is 0 Å². The molecule has 2 aromatic rings. The van der Waals surface area contributed by atoms with E-state index in [4.69, 9.17) is 11.6 Å². The fourth-order valence-electron chi connectivity index (χ4n) is 1.75. The van der Waals surface area contributed by atoms with Crippen molar-refractivity contribution in [2.75, 3.05) is 6.54 Å². The summed E-state index contributed by atoms with van der Waals surface area (Å²) in [7, 11) is 0. The number of amides is 1. The molecule has 5 heteroatoms. The van der Waals surface area contributed by atoms with Crippen LogP contribution in [0.1, 0.15) is 17.4 Å². The van der Waals surface area contributed by atoms with Gasteiger partial charge in [-0.1, -0.05) is 30.3 Å². The molecule has 1 heterocycles. The van der Waals surface area contributed by atoms with Crippen LogP contribution < -0.4 is 5.32 Å². The Morgan fingerprint density at radius 2 is 2.11 bits per heavy atom. The van der Waals surface area contributed by atoms with Gasteiger partial charge in [-0.25, -0.2) is 0 Å². The molecule has 100 valence electrons. The smallest absolute Gasteiger partial charge is 0.242 e. The zero-order valence-corrected chi connectivity index (χ0v) is 11.3. The molecule has 19 heavy (non-hydrogen) atoms. The first-order valence-electron chi connectivity index (χ1n) is 6.21. The van der Waals surface area contributed by atoms with Crippen molar-refractivity contribution < 1.29 is 4.79 Å². The third kappa shape index (κ3) is 4.10. The summed E-state index contributed by atoms with van der Waals surface area (Å²) < 4.78 is 1.83. The third-order valence-corrected chi connectivity index (χ3v) is 3.20. The van der Waals surface area contributed by atoms with Crippen LogP contribution in [0.5, 0.6) is 0 Å². The fourth-order valence-corrected chi connectivity index (χ4v) is 1.97. The van der Waals surface area contributed by atoms with Gasteiger partial charge in [0.1, 0.15) is 5.38 Å². The van der Waals surface area contributed by atoms with Gasteiger partial charge in [-0.3, -0.25) is 9.48 Å². The Morgan fingerprint density at radius 3 is 2.79 bits per heavy atom. The number of nitrogens with one attached hydrogen (secondary N) is 1. The molecule has 0 saturated carbocycles. The minimum absolute atomic E-state index is 0.159. The van der Waals surface area contributed by atoms with Gasteiger partial charge in [-0.05, 0) is 18.1 Å². The zero-order valence-electron chi connectivity index (χ0n) is 10.5. The highest BCUT2D eigenvalue weighted by molar-refractivity contribution is 6.30. The van der Waals surface area contributed by atoms with E-state index in [2.05, 4.69) is 10.4 Å². The second-order valence-electron chi connectivity index (χ2n) is 4.19. The van der Waals surface area contributed by atoms with Gasteiger partial charge in [0.05, 0.1) is 0 Å². The molecule has 1 amide bonds. The van der Waals surface area contributed by atoms with E-state index in [9.17, 15) is 4.79 Å². The molecule has 4 nitrogen and oxygen atoms in total. The van der Waals surface area contributed by atoms with Gasteiger partial charge >= 0.3 is 0 Å². The Bertz CT molecular complexity index is 499. The summed E-state index contributed by atoms with van der Waals surface area (Å²) in [6, 6.07) is 11.2. The Balaban J connectivity index is 1.72. The Morgan fingerprint density at radius 1 is 1.32 bits per heavy atom. The number of carbonyl (C=O) groups is 1. The van der Waals surface area contributed by atoms with Crippen LogP contribution in [0.2, 0.25) is 0 Å². The van der Waals surface area contributed by atoms with E-state index in [0.29, 0.717) is 6.54 Å². The minimum atomic E-state index is -0.633. The number of hydrogen-bond donors (Lipinski definition) is 1. The number of rotatable bonds is 6. The quantitative estimate of drug-likeness (QED) is 0.651. The summed E-state index contributed by atoms with van der Waals surface area (Å²) >= 11 is 6.11. The number of carbonyl (C=O) groups excluding carboxylic acids is 1. The molecule has 1 N–H and O–H groups in total. The van der Waals surface area contributed by atoms with Crippen LogP contribution in [0, 0.1) is 0 Å². The van der Waals surface area contributed by atoms with Crippen LogP contribution in [0.3, 0.4) is 0 Å². The Labute approximate surface area is 117 Å². The van der Waals surface area contributed by atoms with E-state index in [1.165, 1.54) is 0 Å². The molecule has 0 spiro atoms. The number of aryl methyl sites for hydroxylation is 1. The number of nitrogens with zero attached hydrogens (tertiary/aromatic N) is 2. The lowest BCUT2D eigenvalue weighted by atomic mass is 10.1. The molecule has 0 radical (unpaired) electrons. The lowest BCUT2D eigenvalue weighted by Crippen LogP contribution is -2.28. The largest absolute Gasteiger partial charge is 0.354 e. The fraction of sp³-hybridized carbons (Fsp3) is 0.286. The maximum Gasteiger partial charge on any atom is 0.242 e. The lowest BCUT2D eigenvalue weighted by Gasteiger charge is -2.10. The van der Waals surface area contributed by atoms with Crippen molar-refractivity contribution in [2.45, 2.75) is 18.3 Å². The van der Waals surface area contributed by atoms with E-state index in [1.807, 2.05) is 47.3 Å². The molecule has 0 fully saturated rings. The first-order valence-corrected chi connectivity index (χ1v) is 6.65. The molecule has 1 unspecified atom stereocenters. The molecule has 0 aliphatic rings. The van der Waals surface area contributed by atoms with E-state index >= 15 is 0 Å². The van der Waals surface area contributed by atoms with E-state index < -0.39 is 5.38 Å². The van der Waals surface area contributed by atoms with Gasteiger partial charge in [0.15, 0.2) is 0 Å². The molecule has 1 aromatic carbocycles. The number of alkyl halides is 1. The molecule has 0 bridgehead atoms. The number of halogens is 1. The summed E-state index contributed by atoms with van der Waals surface area (Å²) in [5.41, 5.74) is 0.814. The zero-order chi connectivity index (χ0) is 13.5. The van der Waals surface area contributed by atoms with Gasteiger partial charge in [-0.15, -0.1) is 11.6 Å². The van der Waals surface area contributed by atoms with Crippen LogP contribution in [0.15, 0.2) is 48.8 Å². The SMILES string of the molecule is O=C(NCCCn1cccn1)C(Cl)c1ccccc1. The molecular formula is C14H16ClN3O. The maximum absolute atomic E-state index is 11.8. The standard InChI is InChI=1S/C14H16ClN3O/c15-13(12-6-2-1-3-7-12)14(19)16-8-4-10-18-11-5-9-17-18/h1-3,5-7,9,11,13H,4,8,10H2,(H,16,19). The highest BCUT2D eigenvalue weighted by Gasteiger charge is 2.16. The number of aromatic nitrogens is 2.